The topological polar surface area (TPSA) is 90.9 Å². The standard InChI is InChI=1S/C23H27NO6/c1-4-5-6-7-22(26)24-17-10-8-16(9-11-17)20(25)15-30-23(27)19-14-18(28-2)12-13-21(19)29-3/h8-14H,4-7,15H2,1-3H3,(H,24,26). The molecule has 2 aromatic carbocycles. The Hall–Kier alpha value is -3.35. The Labute approximate surface area is 176 Å². The van der Waals surface area contributed by atoms with Crippen LogP contribution in [0, 0.1) is 0 Å². The molecule has 7 nitrogen and oxygen atoms in total. The molecule has 0 aromatic heterocycles. The number of hydrogen-bond acceptors (Lipinski definition) is 6. The van der Waals surface area contributed by atoms with Crippen LogP contribution in [0.2, 0.25) is 0 Å². The van der Waals surface area contributed by atoms with Gasteiger partial charge < -0.3 is 19.5 Å². The van der Waals surface area contributed by atoms with E-state index in [4.69, 9.17) is 14.2 Å². The molecule has 1 N–H and O–H groups in total. The van der Waals surface area contributed by atoms with Gasteiger partial charge in [-0.2, -0.15) is 0 Å². The van der Waals surface area contributed by atoms with Crippen LogP contribution < -0.4 is 14.8 Å². The van der Waals surface area contributed by atoms with Crippen molar-refractivity contribution in [2.45, 2.75) is 32.6 Å². The second-order valence-electron chi connectivity index (χ2n) is 6.65. The molecule has 0 fully saturated rings. The van der Waals surface area contributed by atoms with Crippen LogP contribution in [0.5, 0.6) is 11.5 Å². The molecule has 0 unspecified atom stereocenters. The minimum Gasteiger partial charge on any atom is -0.497 e. The Morgan fingerprint density at radius 3 is 2.30 bits per heavy atom. The molecule has 7 heteroatoms. The minimum atomic E-state index is -0.685. The lowest BCUT2D eigenvalue weighted by molar-refractivity contribution is -0.116. The molecule has 0 spiro atoms. The third kappa shape index (κ3) is 6.62. The fourth-order valence-corrected chi connectivity index (χ4v) is 2.76. The number of carbonyl (C=O) groups is 3. The number of hydrogen-bond donors (Lipinski definition) is 1. The lowest BCUT2D eigenvalue weighted by Crippen LogP contribution is -2.15. The molecule has 0 atom stereocenters. The summed E-state index contributed by atoms with van der Waals surface area (Å²) in [6, 6.07) is 11.2. The average Bonchev–Trinajstić information content (AvgIpc) is 2.77. The highest BCUT2D eigenvalue weighted by Crippen LogP contribution is 2.24. The second-order valence-corrected chi connectivity index (χ2v) is 6.65. The predicted octanol–water partition coefficient (Wildman–Crippen LogP) is 4.26. The Kier molecular flexibility index (Phi) is 8.87. The summed E-state index contributed by atoms with van der Waals surface area (Å²) < 4.78 is 15.4. The van der Waals surface area contributed by atoms with Crippen molar-refractivity contribution in [3.05, 3.63) is 53.6 Å². The second kappa shape index (κ2) is 11.6. The zero-order valence-electron chi connectivity index (χ0n) is 17.5. The molecule has 0 aliphatic rings. The van der Waals surface area contributed by atoms with Crippen molar-refractivity contribution in [3.8, 4) is 11.5 Å². The van der Waals surface area contributed by atoms with Gasteiger partial charge >= 0.3 is 5.97 Å². The van der Waals surface area contributed by atoms with Crippen LogP contribution >= 0.6 is 0 Å². The van der Waals surface area contributed by atoms with E-state index in [0.29, 0.717) is 29.2 Å². The number of unbranched alkanes of at least 4 members (excludes halogenated alkanes) is 2. The van der Waals surface area contributed by atoms with E-state index in [1.165, 1.54) is 20.3 Å². The van der Waals surface area contributed by atoms with E-state index in [9.17, 15) is 14.4 Å². The average molecular weight is 413 g/mol. The summed E-state index contributed by atoms with van der Waals surface area (Å²) in [4.78, 5) is 36.6. The molecule has 1 amide bonds. The molecular formula is C23H27NO6. The summed E-state index contributed by atoms with van der Waals surface area (Å²) >= 11 is 0. The predicted molar refractivity (Wildman–Crippen MR) is 113 cm³/mol. The Morgan fingerprint density at radius 2 is 1.67 bits per heavy atom. The number of Topliss-reactive ketones (excluding diaryl/α,β-unsaturated/α-hetero) is 1. The smallest absolute Gasteiger partial charge is 0.342 e. The van der Waals surface area contributed by atoms with Gasteiger partial charge in [-0.05, 0) is 48.9 Å². The Morgan fingerprint density at radius 1 is 0.933 bits per heavy atom. The third-order valence-corrected chi connectivity index (χ3v) is 4.46. The number of esters is 1. The number of methoxy groups -OCH3 is 2. The van der Waals surface area contributed by atoms with Gasteiger partial charge in [0.25, 0.3) is 0 Å². The molecule has 0 saturated heterocycles. The van der Waals surface area contributed by atoms with E-state index in [0.717, 1.165) is 19.3 Å². The van der Waals surface area contributed by atoms with E-state index >= 15 is 0 Å². The van der Waals surface area contributed by atoms with Gasteiger partial charge in [-0.15, -0.1) is 0 Å². The van der Waals surface area contributed by atoms with Crippen molar-refractivity contribution in [1.82, 2.24) is 0 Å². The molecule has 160 valence electrons. The van der Waals surface area contributed by atoms with Gasteiger partial charge in [-0.25, -0.2) is 4.79 Å². The van der Waals surface area contributed by atoms with Crippen molar-refractivity contribution in [1.29, 1.82) is 0 Å². The van der Waals surface area contributed by atoms with Crippen LogP contribution in [0.3, 0.4) is 0 Å². The number of carbonyl (C=O) groups excluding carboxylic acids is 3. The molecule has 0 saturated carbocycles. The molecule has 0 radical (unpaired) electrons. The van der Waals surface area contributed by atoms with Gasteiger partial charge in [0, 0.05) is 17.7 Å². The summed E-state index contributed by atoms with van der Waals surface area (Å²) in [5, 5.41) is 2.80. The molecule has 30 heavy (non-hydrogen) atoms. The first-order valence-electron chi connectivity index (χ1n) is 9.80. The Balaban J connectivity index is 1.92. The van der Waals surface area contributed by atoms with Crippen molar-refractivity contribution >= 4 is 23.3 Å². The SMILES string of the molecule is CCCCCC(=O)Nc1ccc(C(=O)COC(=O)c2cc(OC)ccc2OC)cc1. The van der Waals surface area contributed by atoms with Gasteiger partial charge in [0.15, 0.2) is 12.4 Å². The maximum atomic E-state index is 12.4. The molecule has 2 aromatic rings. The number of nitrogens with one attached hydrogen (secondary N) is 1. The van der Waals surface area contributed by atoms with Crippen molar-refractivity contribution in [2.24, 2.45) is 0 Å². The van der Waals surface area contributed by atoms with Crippen LogP contribution in [-0.4, -0.2) is 38.5 Å². The lowest BCUT2D eigenvalue weighted by Gasteiger charge is -2.10. The Bertz CT molecular complexity index is 876. The van der Waals surface area contributed by atoms with E-state index in [1.807, 2.05) is 0 Å². The maximum absolute atomic E-state index is 12.4. The van der Waals surface area contributed by atoms with Crippen molar-refractivity contribution < 1.29 is 28.6 Å². The van der Waals surface area contributed by atoms with E-state index in [-0.39, 0.29) is 17.3 Å². The number of amides is 1. The number of ketones is 1. The first-order chi connectivity index (χ1) is 14.5. The fraction of sp³-hybridized carbons (Fsp3) is 0.348. The first-order valence-corrected chi connectivity index (χ1v) is 9.80. The molecule has 2 rings (SSSR count). The summed E-state index contributed by atoms with van der Waals surface area (Å²) in [7, 11) is 2.92. The highest BCUT2D eigenvalue weighted by Gasteiger charge is 2.17. The van der Waals surface area contributed by atoms with Gasteiger partial charge in [0.2, 0.25) is 5.91 Å². The highest BCUT2D eigenvalue weighted by molar-refractivity contribution is 6.00. The normalized spacial score (nSPS) is 10.2. The summed E-state index contributed by atoms with van der Waals surface area (Å²) in [6.07, 6.45) is 3.39. The summed E-state index contributed by atoms with van der Waals surface area (Å²) in [6.45, 7) is 1.67. The van der Waals surface area contributed by atoms with Crippen LogP contribution in [0.25, 0.3) is 0 Å². The van der Waals surface area contributed by atoms with Crippen LogP contribution in [0.1, 0.15) is 53.3 Å². The van der Waals surface area contributed by atoms with Crippen LogP contribution in [0.15, 0.2) is 42.5 Å². The lowest BCUT2D eigenvalue weighted by atomic mass is 10.1. The third-order valence-electron chi connectivity index (χ3n) is 4.46. The van der Waals surface area contributed by atoms with Crippen LogP contribution in [0.4, 0.5) is 5.69 Å². The fourth-order valence-electron chi connectivity index (χ4n) is 2.76. The van der Waals surface area contributed by atoms with E-state index in [1.54, 1.807) is 36.4 Å². The molecule has 0 aliphatic heterocycles. The summed E-state index contributed by atoms with van der Waals surface area (Å²) in [5.74, 6) is -0.293. The van der Waals surface area contributed by atoms with E-state index < -0.39 is 12.6 Å². The van der Waals surface area contributed by atoms with Crippen molar-refractivity contribution in [3.63, 3.8) is 0 Å². The highest BCUT2D eigenvalue weighted by atomic mass is 16.5. The number of rotatable bonds is 11. The number of anilines is 1. The van der Waals surface area contributed by atoms with Gasteiger partial charge in [-0.3, -0.25) is 9.59 Å². The molecule has 0 bridgehead atoms. The zero-order chi connectivity index (χ0) is 21.9. The molecule has 0 heterocycles. The monoisotopic (exact) mass is 413 g/mol. The largest absolute Gasteiger partial charge is 0.497 e. The van der Waals surface area contributed by atoms with Gasteiger partial charge in [-0.1, -0.05) is 19.8 Å². The van der Waals surface area contributed by atoms with Crippen molar-refractivity contribution in [2.75, 3.05) is 26.1 Å². The van der Waals surface area contributed by atoms with E-state index in [2.05, 4.69) is 12.2 Å². The zero-order valence-corrected chi connectivity index (χ0v) is 17.5. The minimum absolute atomic E-state index is 0.0521. The first kappa shape index (κ1) is 22.9. The molecular weight excluding hydrogens is 386 g/mol. The summed E-state index contributed by atoms with van der Waals surface area (Å²) in [5.41, 5.74) is 1.17. The molecule has 0 aliphatic carbocycles. The maximum Gasteiger partial charge on any atom is 0.342 e. The van der Waals surface area contributed by atoms with Gasteiger partial charge in [0.05, 0.1) is 14.2 Å². The number of benzene rings is 2. The van der Waals surface area contributed by atoms with Gasteiger partial charge in [0.1, 0.15) is 17.1 Å². The quantitative estimate of drug-likeness (QED) is 0.336. The van der Waals surface area contributed by atoms with Crippen LogP contribution in [-0.2, 0) is 9.53 Å². The number of ether oxygens (including phenoxy) is 3.